The smallest absolute Gasteiger partial charge is 0.0596 e. The topological polar surface area (TPSA) is 3.24 Å². The van der Waals surface area contributed by atoms with Crippen LogP contribution in [0.4, 0.5) is 0 Å². The van der Waals surface area contributed by atoms with Gasteiger partial charge in [0.15, 0.2) is 0 Å². The largest absolute Gasteiger partial charge is 0.299 e. The van der Waals surface area contributed by atoms with Crippen molar-refractivity contribution in [1.29, 1.82) is 0 Å². The molecule has 1 nitrogen and oxygen atoms in total. The summed E-state index contributed by atoms with van der Waals surface area (Å²) in [5.41, 5.74) is 0. The molecule has 0 aliphatic rings. The quantitative estimate of drug-likeness (QED) is 0.442. The molecule has 0 aromatic carbocycles. The van der Waals surface area contributed by atoms with E-state index in [1.54, 1.807) is 0 Å². The van der Waals surface area contributed by atoms with Crippen LogP contribution in [-0.4, -0.2) is 25.5 Å². The molecule has 0 heterocycles. The molecule has 0 fully saturated rings. The molecule has 0 spiro atoms. The molecule has 0 amide bonds. The fourth-order valence-corrected chi connectivity index (χ4v) is 0.766. The van der Waals surface area contributed by atoms with Crippen LogP contribution in [0.15, 0.2) is 0 Å². The van der Waals surface area contributed by atoms with E-state index in [1.807, 2.05) is 14.1 Å². The summed E-state index contributed by atoms with van der Waals surface area (Å²) >= 11 is 0. The van der Waals surface area contributed by atoms with Gasteiger partial charge in [0.05, 0.1) is 6.54 Å². The molecule has 0 rings (SSSR count). The molecule has 0 aliphatic carbocycles. The zero-order chi connectivity index (χ0) is 8.53. The van der Waals surface area contributed by atoms with E-state index in [-0.39, 0.29) is 0 Å². The van der Waals surface area contributed by atoms with Crippen molar-refractivity contribution in [2.45, 2.75) is 32.6 Å². The predicted octanol–water partition coefficient (Wildman–Crippen LogP) is 2.13. The average Bonchev–Trinajstić information content (AvgIpc) is 1.96. The molecular weight excluding hydrogens is 134 g/mol. The van der Waals surface area contributed by atoms with Crippen LogP contribution in [0.2, 0.25) is 0 Å². The van der Waals surface area contributed by atoms with Gasteiger partial charge in [-0.2, -0.15) is 0 Å². The second kappa shape index (κ2) is 7.63. The van der Waals surface area contributed by atoms with E-state index in [9.17, 15) is 0 Å². The monoisotopic (exact) mass is 153 g/mol. The lowest BCUT2D eigenvalue weighted by atomic mass is 10.2. The Kier molecular flexibility index (Phi) is 7.29. The number of rotatable bonds is 4. The standard InChI is InChI=1S/C10H19N/c1-4-5-6-7-8-9-10-11(2)3/h4-7,10H2,1-3H3. The first-order valence-corrected chi connectivity index (χ1v) is 4.37. The first-order chi connectivity index (χ1) is 5.27. The molecule has 0 unspecified atom stereocenters. The minimum absolute atomic E-state index is 0.895. The van der Waals surface area contributed by atoms with Crippen molar-refractivity contribution in [2.75, 3.05) is 20.6 Å². The molecule has 64 valence electrons. The summed E-state index contributed by atoms with van der Waals surface area (Å²) in [5, 5.41) is 0. The van der Waals surface area contributed by atoms with Gasteiger partial charge in [0.25, 0.3) is 0 Å². The first kappa shape index (κ1) is 10.5. The van der Waals surface area contributed by atoms with Crippen molar-refractivity contribution in [3.8, 4) is 11.8 Å². The Hall–Kier alpha value is -0.480. The predicted molar refractivity (Wildman–Crippen MR) is 50.5 cm³/mol. The molecule has 0 saturated carbocycles. The molecule has 0 atom stereocenters. The zero-order valence-corrected chi connectivity index (χ0v) is 7.98. The van der Waals surface area contributed by atoms with E-state index in [0.29, 0.717) is 0 Å². The fraction of sp³-hybridized carbons (Fsp3) is 0.800. The lowest BCUT2D eigenvalue weighted by molar-refractivity contribution is 0.463. The van der Waals surface area contributed by atoms with E-state index in [4.69, 9.17) is 0 Å². The lowest BCUT2D eigenvalue weighted by Crippen LogP contribution is -2.10. The van der Waals surface area contributed by atoms with Gasteiger partial charge in [0.1, 0.15) is 0 Å². The highest BCUT2D eigenvalue weighted by Gasteiger charge is 1.82. The first-order valence-electron chi connectivity index (χ1n) is 4.37. The van der Waals surface area contributed by atoms with Crippen LogP contribution in [0.5, 0.6) is 0 Å². The summed E-state index contributed by atoms with van der Waals surface area (Å²) in [4.78, 5) is 2.09. The summed E-state index contributed by atoms with van der Waals surface area (Å²) in [5.74, 6) is 6.28. The van der Waals surface area contributed by atoms with Gasteiger partial charge in [-0.3, -0.25) is 4.90 Å². The van der Waals surface area contributed by atoms with Crippen molar-refractivity contribution in [3.63, 3.8) is 0 Å². The fourth-order valence-electron chi connectivity index (χ4n) is 0.766. The van der Waals surface area contributed by atoms with Crippen LogP contribution in [-0.2, 0) is 0 Å². The Morgan fingerprint density at radius 1 is 1.09 bits per heavy atom. The van der Waals surface area contributed by atoms with Crippen LogP contribution in [0.3, 0.4) is 0 Å². The second-order valence-corrected chi connectivity index (χ2v) is 3.05. The molecular formula is C10H19N. The minimum Gasteiger partial charge on any atom is -0.299 e. The van der Waals surface area contributed by atoms with Crippen LogP contribution in [0.25, 0.3) is 0 Å². The minimum atomic E-state index is 0.895. The van der Waals surface area contributed by atoms with Crippen LogP contribution in [0.1, 0.15) is 32.6 Å². The molecule has 0 radical (unpaired) electrons. The SMILES string of the molecule is CCCCCC#CCN(C)C. The van der Waals surface area contributed by atoms with Crippen molar-refractivity contribution in [1.82, 2.24) is 4.90 Å². The van der Waals surface area contributed by atoms with Crippen LogP contribution >= 0.6 is 0 Å². The van der Waals surface area contributed by atoms with Crippen molar-refractivity contribution >= 4 is 0 Å². The third kappa shape index (κ3) is 9.52. The van der Waals surface area contributed by atoms with Gasteiger partial charge in [0.2, 0.25) is 0 Å². The molecule has 1 heteroatoms. The Morgan fingerprint density at radius 3 is 2.36 bits per heavy atom. The Balaban J connectivity index is 3.12. The maximum Gasteiger partial charge on any atom is 0.0596 e. The van der Waals surface area contributed by atoms with Crippen molar-refractivity contribution < 1.29 is 0 Å². The summed E-state index contributed by atoms with van der Waals surface area (Å²) in [6.07, 6.45) is 4.94. The molecule has 0 aromatic heterocycles. The van der Waals surface area contributed by atoms with Crippen molar-refractivity contribution in [2.24, 2.45) is 0 Å². The van der Waals surface area contributed by atoms with Crippen LogP contribution < -0.4 is 0 Å². The van der Waals surface area contributed by atoms with Crippen LogP contribution in [0, 0.1) is 11.8 Å². The zero-order valence-electron chi connectivity index (χ0n) is 7.98. The van der Waals surface area contributed by atoms with E-state index in [0.717, 1.165) is 13.0 Å². The third-order valence-corrected chi connectivity index (χ3v) is 1.43. The highest BCUT2D eigenvalue weighted by Crippen LogP contribution is 1.96. The summed E-state index contributed by atoms with van der Waals surface area (Å²) in [6.45, 7) is 3.11. The third-order valence-electron chi connectivity index (χ3n) is 1.43. The summed E-state index contributed by atoms with van der Waals surface area (Å²) in [7, 11) is 4.08. The second-order valence-electron chi connectivity index (χ2n) is 3.05. The molecule has 0 N–H and O–H groups in total. The number of nitrogens with zero attached hydrogens (tertiary/aromatic N) is 1. The van der Waals surface area contributed by atoms with E-state index < -0.39 is 0 Å². The van der Waals surface area contributed by atoms with Gasteiger partial charge in [-0.05, 0) is 20.5 Å². The normalized spacial score (nSPS) is 9.45. The van der Waals surface area contributed by atoms with Gasteiger partial charge in [-0.25, -0.2) is 0 Å². The Morgan fingerprint density at radius 2 is 1.82 bits per heavy atom. The number of hydrogen-bond donors (Lipinski definition) is 0. The molecule has 0 aliphatic heterocycles. The van der Waals surface area contributed by atoms with Crippen molar-refractivity contribution in [3.05, 3.63) is 0 Å². The van der Waals surface area contributed by atoms with Gasteiger partial charge in [-0.1, -0.05) is 25.7 Å². The molecule has 11 heavy (non-hydrogen) atoms. The number of unbranched alkanes of at least 4 members (excludes halogenated alkanes) is 3. The average molecular weight is 153 g/mol. The van der Waals surface area contributed by atoms with Gasteiger partial charge >= 0.3 is 0 Å². The van der Waals surface area contributed by atoms with E-state index >= 15 is 0 Å². The van der Waals surface area contributed by atoms with Gasteiger partial charge in [0, 0.05) is 6.42 Å². The van der Waals surface area contributed by atoms with E-state index in [2.05, 4.69) is 23.7 Å². The lowest BCUT2D eigenvalue weighted by Gasteiger charge is -2.00. The summed E-state index contributed by atoms with van der Waals surface area (Å²) < 4.78 is 0. The highest BCUT2D eigenvalue weighted by atomic mass is 15.0. The van der Waals surface area contributed by atoms with Gasteiger partial charge < -0.3 is 0 Å². The maximum atomic E-state index is 3.16. The Labute approximate surface area is 70.8 Å². The molecule has 0 bridgehead atoms. The van der Waals surface area contributed by atoms with Gasteiger partial charge in [-0.15, -0.1) is 5.92 Å². The maximum absolute atomic E-state index is 3.16. The Bertz CT molecular complexity index is 128. The highest BCUT2D eigenvalue weighted by molar-refractivity contribution is 5.00. The summed E-state index contributed by atoms with van der Waals surface area (Å²) in [6, 6.07) is 0. The molecule has 0 aromatic rings. The molecule has 0 saturated heterocycles. The number of hydrogen-bond acceptors (Lipinski definition) is 1. The van der Waals surface area contributed by atoms with E-state index in [1.165, 1.54) is 19.3 Å².